The third-order valence-electron chi connectivity index (χ3n) is 4.34. The van der Waals surface area contributed by atoms with Crippen molar-refractivity contribution in [3.05, 3.63) is 95.6 Å². The van der Waals surface area contributed by atoms with E-state index in [2.05, 4.69) is 0 Å². The Hall–Kier alpha value is -2.83. The van der Waals surface area contributed by atoms with Gasteiger partial charge in [0, 0.05) is 6.07 Å². The quantitative estimate of drug-likeness (QED) is 0.327. The van der Waals surface area contributed by atoms with Crippen LogP contribution in [0.4, 0.5) is 0 Å². The summed E-state index contributed by atoms with van der Waals surface area (Å²) in [5.74, 6) is 1.42. The highest BCUT2D eigenvalue weighted by Gasteiger charge is 2.07. The van der Waals surface area contributed by atoms with Gasteiger partial charge in [-0.1, -0.05) is 60.7 Å². The summed E-state index contributed by atoms with van der Waals surface area (Å²) in [5.41, 5.74) is 3.16. The summed E-state index contributed by atoms with van der Waals surface area (Å²) in [6.45, 7) is 1.06. The van der Waals surface area contributed by atoms with Gasteiger partial charge in [-0.05, 0) is 41.7 Å². The van der Waals surface area contributed by atoms with Gasteiger partial charge >= 0.3 is 0 Å². The third-order valence-corrected chi connectivity index (χ3v) is 4.94. The minimum absolute atomic E-state index is 0.147. The molecule has 0 saturated heterocycles. The van der Waals surface area contributed by atoms with Crippen LogP contribution in [0.3, 0.4) is 0 Å². The molecule has 30 heavy (non-hydrogen) atoms. The topological polar surface area (TPSA) is 61.8 Å². The predicted octanol–water partition coefficient (Wildman–Crippen LogP) is 4.75. The van der Waals surface area contributed by atoms with Gasteiger partial charge in [0.1, 0.15) is 24.7 Å². The second kappa shape index (κ2) is 10.8. The summed E-state index contributed by atoms with van der Waals surface area (Å²) < 4.78 is 39.0. The van der Waals surface area contributed by atoms with Crippen LogP contribution in [0.15, 0.2) is 78.9 Å². The lowest BCUT2D eigenvalue weighted by Crippen LogP contribution is -2.05. The van der Waals surface area contributed by atoms with Crippen molar-refractivity contribution in [3.8, 4) is 11.5 Å². The zero-order valence-electron chi connectivity index (χ0n) is 17.0. The SMILES string of the molecule is CS(=O)(=O)OCCCc1cc(OCc2ccccc2)cc(OCc2ccccc2)c1. The molecule has 3 aromatic carbocycles. The first-order valence-electron chi connectivity index (χ1n) is 9.80. The fraction of sp³-hybridized carbons (Fsp3) is 0.250. The van der Waals surface area contributed by atoms with Gasteiger partial charge in [0.2, 0.25) is 0 Å². The summed E-state index contributed by atoms with van der Waals surface area (Å²) in [6, 6.07) is 25.7. The van der Waals surface area contributed by atoms with Crippen LogP contribution in [0, 0.1) is 0 Å². The summed E-state index contributed by atoms with van der Waals surface area (Å²) in [4.78, 5) is 0. The maximum absolute atomic E-state index is 11.1. The highest BCUT2D eigenvalue weighted by Crippen LogP contribution is 2.25. The molecule has 5 nitrogen and oxygen atoms in total. The molecule has 0 N–H and O–H groups in total. The molecule has 158 valence electrons. The van der Waals surface area contributed by atoms with Gasteiger partial charge in [-0.15, -0.1) is 0 Å². The van der Waals surface area contributed by atoms with E-state index < -0.39 is 10.1 Å². The second-order valence-electron chi connectivity index (χ2n) is 6.99. The summed E-state index contributed by atoms with van der Waals surface area (Å²) >= 11 is 0. The molecule has 0 spiro atoms. The zero-order valence-corrected chi connectivity index (χ0v) is 17.8. The van der Waals surface area contributed by atoms with Crippen molar-refractivity contribution >= 4 is 10.1 Å². The molecule has 0 heterocycles. The monoisotopic (exact) mass is 426 g/mol. The molecule has 0 saturated carbocycles. The molecule has 0 fully saturated rings. The third kappa shape index (κ3) is 7.89. The van der Waals surface area contributed by atoms with Gasteiger partial charge in [0.15, 0.2) is 0 Å². The van der Waals surface area contributed by atoms with Crippen LogP contribution < -0.4 is 9.47 Å². The smallest absolute Gasteiger partial charge is 0.264 e. The number of ether oxygens (including phenoxy) is 2. The van der Waals surface area contributed by atoms with Crippen molar-refractivity contribution in [1.29, 1.82) is 0 Å². The molecular weight excluding hydrogens is 400 g/mol. The number of hydrogen-bond acceptors (Lipinski definition) is 5. The van der Waals surface area contributed by atoms with Gasteiger partial charge in [-0.2, -0.15) is 8.42 Å². The minimum Gasteiger partial charge on any atom is -0.489 e. The molecule has 6 heteroatoms. The average Bonchev–Trinajstić information content (AvgIpc) is 2.75. The number of aryl methyl sites for hydroxylation is 1. The lowest BCUT2D eigenvalue weighted by molar-refractivity contribution is 0.288. The molecule has 0 aliphatic heterocycles. The summed E-state index contributed by atoms with van der Waals surface area (Å²) in [5, 5.41) is 0. The Morgan fingerprint density at radius 2 is 1.20 bits per heavy atom. The van der Waals surface area contributed by atoms with Crippen LogP contribution >= 0.6 is 0 Å². The van der Waals surface area contributed by atoms with Gasteiger partial charge in [-0.3, -0.25) is 4.18 Å². The van der Waals surface area contributed by atoms with Gasteiger partial charge in [-0.25, -0.2) is 0 Å². The Morgan fingerprint density at radius 3 is 1.67 bits per heavy atom. The first kappa shape index (κ1) is 21.9. The first-order valence-corrected chi connectivity index (χ1v) is 11.6. The van der Waals surface area contributed by atoms with Gasteiger partial charge < -0.3 is 9.47 Å². The van der Waals surface area contributed by atoms with Gasteiger partial charge in [0.25, 0.3) is 10.1 Å². The number of hydrogen-bond donors (Lipinski definition) is 0. The fourth-order valence-electron chi connectivity index (χ4n) is 2.91. The Kier molecular flexibility index (Phi) is 7.88. The van der Waals surface area contributed by atoms with E-state index in [-0.39, 0.29) is 6.61 Å². The molecule has 0 aromatic heterocycles. The lowest BCUT2D eigenvalue weighted by atomic mass is 10.1. The zero-order chi connectivity index (χ0) is 21.2. The van der Waals surface area contributed by atoms with E-state index in [4.69, 9.17) is 13.7 Å². The highest BCUT2D eigenvalue weighted by molar-refractivity contribution is 7.85. The molecule has 0 amide bonds. The van der Waals surface area contributed by atoms with Crippen molar-refractivity contribution in [2.45, 2.75) is 26.1 Å². The first-order chi connectivity index (χ1) is 14.5. The van der Waals surface area contributed by atoms with Crippen molar-refractivity contribution in [3.63, 3.8) is 0 Å². The Balaban J connectivity index is 1.67. The van der Waals surface area contributed by atoms with Crippen molar-refractivity contribution in [1.82, 2.24) is 0 Å². The maximum Gasteiger partial charge on any atom is 0.264 e. The normalized spacial score (nSPS) is 11.2. The van der Waals surface area contributed by atoms with Crippen molar-refractivity contribution in [2.24, 2.45) is 0 Å². The van der Waals surface area contributed by atoms with Crippen LogP contribution in [-0.2, 0) is 33.9 Å². The summed E-state index contributed by atoms with van der Waals surface area (Å²) in [7, 11) is -3.42. The van der Waals surface area contributed by atoms with Crippen LogP contribution in [-0.4, -0.2) is 21.3 Å². The predicted molar refractivity (Wildman–Crippen MR) is 117 cm³/mol. The maximum atomic E-state index is 11.1. The Bertz CT molecular complexity index is 956. The van der Waals surface area contributed by atoms with E-state index in [0.717, 1.165) is 22.9 Å². The van der Waals surface area contributed by atoms with E-state index in [9.17, 15) is 8.42 Å². The molecule has 3 aromatic rings. The van der Waals surface area contributed by atoms with E-state index in [0.29, 0.717) is 37.6 Å². The van der Waals surface area contributed by atoms with E-state index >= 15 is 0 Å². The molecule has 0 aliphatic rings. The van der Waals surface area contributed by atoms with Crippen LogP contribution in [0.2, 0.25) is 0 Å². The summed E-state index contributed by atoms with van der Waals surface area (Å²) in [6.07, 6.45) is 2.29. The minimum atomic E-state index is -3.42. The fourth-order valence-corrected chi connectivity index (χ4v) is 3.33. The number of rotatable bonds is 11. The molecule has 0 bridgehead atoms. The molecule has 0 radical (unpaired) electrons. The second-order valence-corrected chi connectivity index (χ2v) is 8.63. The van der Waals surface area contributed by atoms with Crippen LogP contribution in [0.1, 0.15) is 23.1 Å². The lowest BCUT2D eigenvalue weighted by Gasteiger charge is -2.13. The Morgan fingerprint density at radius 1 is 0.700 bits per heavy atom. The molecule has 0 unspecified atom stereocenters. The average molecular weight is 427 g/mol. The molecule has 0 atom stereocenters. The molecule has 0 aliphatic carbocycles. The van der Waals surface area contributed by atoms with E-state index in [1.165, 1.54) is 0 Å². The van der Waals surface area contributed by atoms with Gasteiger partial charge in [0.05, 0.1) is 12.9 Å². The largest absolute Gasteiger partial charge is 0.489 e. The van der Waals surface area contributed by atoms with Crippen molar-refractivity contribution < 1.29 is 22.1 Å². The number of benzene rings is 3. The Labute approximate surface area is 178 Å². The highest BCUT2D eigenvalue weighted by atomic mass is 32.2. The van der Waals surface area contributed by atoms with Crippen LogP contribution in [0.25, 0.3) is 0 Å². The van der Waals surface area contributed by atoms with Crippen LogP contribution in [0.5, 0.6) is 11.5 Å². The molecular formula is C24H26O5S. The van der Waals surface area contributed by atoms with Crippen molar-refractivity contribution in [2.75, 3.05) is 12.9 Å². The standard InChI is InChI=1S/C24H26O5S/c1-30(25,26)29-14-8-13-22-15-23(27-18-20-9-4-2-5-10-20)17-24(16-22)28-19-21-11-6-3-7-12-21/h2-7,9-12,15-17H,8,13-14,18-19H2,1H3. The molecule has 3 rings (SSSR count). The van der Waals surface area contributed by atoms with E-state index in [1.54, 1.807) is 0 Å². The van der Waals surface area contributed by atoms with E-state index in [1.807, 2.05) is 78.9 Å².